The number of hydrogen-bond donors (Lipinski definition) is 5. The van der Waals surface area contributed by atoms with Crippen molar-refractivity contribution < 1.29 is 19.5 Å². The Kier molecular flexibility index (Phi) is 5.83. The number of amides is 4. The van der Waals surface area contributed by atoms with Gasteiger partial charge in [-0.05, 0) is 54.3 Å². The van der Waals surface area contributed by atoms with Crippen LogP contribution in [0.1, 0.15) is 35.6 Å². The highest BCUT2D eigenvalue weighted by molar-refractivity contribution is 6.00. The van der Waals surface area contributed by atoms with Gasteiger partial charge in [-0.25, -0.2) is 4.79 Å². The number of aryl methyl sites for hydroxylation is 1. The number of aromatic nitrogens is 1. The molecule has 0 spiro atoms. The van der Waals surface area contributed by atoms with Crippen molar-refractivity contribution in [3.63, 3.8) is 0 Å². The zero-order valence-corrected chi connectivity index (χ0v) is 17.6. The average molecular weight is 435 g/mol. The van der Waals surface area contributed by atoms with Crippen LogP contribution in [0.3, 0.4) is 0 Å². The van der Waals surface area contributed by atoms with Crippen LogP contribution in [0.5, 0.6) is 5.88 Å². The molecule has 0 bridgehead atoms. The highest BCUT2D eigenvalue weighted by atomic mass is 16.3. The molecular formula is C23H25N5O4. The number of nitrogens with two attached hydrogens (primary N) is 1. The SMILES string of the molecule is Cc1ccc(NC(=O)NCc2ccc3c(O)n(C4CCC(=O)NC4=O)cc3c2)cc1CN. The molecule has 1 aliphatic rings. The molecule has 4 amide bonds. The van der Waals surface area contributed by atoms with Gasteiger partial charge in [-0.15, -0.1) is 0 Å². The van der Waals surface area contributed by atoms with Gasteiger partial charge in [-0.1, -0.05) is 12.1 Å². The van der Waals surface area contributed by atoms with Gasteiger partial charge >= 0.3 is 6.03 Å². The van der Waals surface area contributed by atoms with E-state index in [0.717, 1.165) is 22.1 Å². The molecule has 1 saturated heterocycles. The van der Waals surface area contributed by atoms with E-state index in [-0.39, 0.29) is 30.8 Å². The third-order valence-corrected chi connectivity index (χ3v) is 5.71. The summed E-state index contributed by atoms with van der Waals surface area (Å²) in [6.45, 7) is 2.64. The van der Waals surface area contributed by atoms with Crippen LogP contribution in [0.15, 0.2) is 42.6 Å². The molecule has 1 unspecified atom stereocenters. The molecule has 1 atom stereocenters. The average Bonchev–Trinajstić information content (AvgIpc) is 3.09. The molecular weight excluding hydrogens is 410 g/mol. The molecule has 1 aliphatic heterocycles. The lowest BCUT2D eigenvalue weighted by molar-refractivity contribution is -0.135. The van der Waals surface area contributed by atoms with E-state index in [1.54, 1.807) is 18.3 Å². The second-order valence-corrected chi connectivity index (χ2v) is 7.90. The van der Waals surface area contributed by atoms with Gasteiger partial charge in [0.1, 0.15) is 6.04 Å². The summed E-state index contributed by atoms with van der Waals surface area (Å²) in [6.07, 6.45) is 2.25. The van der Waals surface area contributed by atoms with E-state index in [1.165, 1.54) is 4.57 Å². The summed E-state index contributed by atoms with van der Waals surface area (Å²) in [7, 11) is 0. The van der Waals surface area contributed by atoms with Gasteiger partial charge in [-0.2, -0.15) is 0 Å². The predicted molar refractivity (Wildman–Crippen MR) is 120 cm³/mol. The first-order valence-corrected chi connectivity index (χ1v) is 10.4. The highest BCUT2D eigenvalue weighted by Gasteiger charge is 2.30. The fourth-order valence-electron chi connectivity index (χ4n) is 3.89. The largest absolute Gasteiger partial charge is 0.494 e. The monoisotopic (exact) mass is 435 g/mol. The molecule has 9 nitrogen and oxygen atoms in total. The molecule has 0 saturated carbocycles. The van der Waals surface area contributed by atoms with Gasteiger partial charge < -0.3 is 26.0 Å². The van der Waals surface area contributed by atoms with Crippen molar-refractivity contribution in [2.45, 2.75) is 38.9 Å². The summed E-state index contributed by atoms with van der Waals surface area (Å²) in [5, 5.41) is 19.8. The van der Waals surface area contributed by atoms with Gasteiger partial charge in [-0.3, -0.25) is 14.9 Å². The summed E-state index contributed by atoms with van der Waals surface area (Å²) < 4.78 is 1.49. The second-order valence-electron chi connectivity index (χ2n) is 7.90. The lowest BCUT2D eigenvalue weighted by Crippen LogP contribution is -2.41. The first-order valence-electron chi connectivity index (χ1n) is 10.4. The van der Waals surface area contributed by atoms with E-state index in [9.17, 15) is 19.5 Å². The summed E-state index contributed by atoms with van der Waals surface area (Å²) >= 11 is 0. The Balaban J connectivity index is 1.44. The van der Waals surface area contributed by atoms with Crippen molar-refractivity contribution in [2.24, 2.45) is 5.73 Å². The fourth-order valence-corrected chi connectivity index (χ4v) is 3.89. The molecule has 2 aromatic carbocycles. The third-order valence-electron chi connectivity index (χ3n) is 5.71. The fraction of sp³-hybridized carbons (Fsp3) is 0.261. The molecule has 9 heteroatoms. The number of carbonyl (C=O) groups excluding carboxylic acids is 3. The number of anilines is 1. The smallest absolute Gasteiger partial charge is 0.319 e. The van der Waals surface area contributed by atoms with Crippen molar-refractivity contribution in [1.29, 1.82) is 0 Å². The Morgan fingerprint density at radius 2 is 2.06 bits per heavy atom. The molecule has 0 radical (unpaired) electrons. The topological polar surface area (TPSA) is 138 Å². The van der Waals surface area contributed by atoms with Crippen molar-refractivity contribution >= 4 is 34.3 Å². The normalized spacial score (nSPS) is 16.1. The number of piperidine rings is 1. The molecule has 6 N–H and O–H groups in total. The van der Waals surface area contributed by atoms with Gasteiger partial charge in [0.15, 0.2) is 5.88 Å². The first-order chi connectivity index (χ1) is 15.4. The maximum absolute atomic E-state index is 12.3. The Morgan fingerprint density at radius 1 is 1.25 bits per heavy atom. The quantitative estimate of drug-likeness (QED) is 0.392. The lowest BCUT2D eigenvalue weighted by atomic mass is 10.1. The van der Waals surface area contributed by atoms with Crippen molar-refractivity contribution in [2.75, 3.05) is 5.32 Å². The maximum atomic E-state index is 12.3. The van der Waals surface area contributed by atoms with E-state index in [1.807, 2.05) is 31.2 Å². The molecule has 0 aliphatic carbocycles. The van der Waals surface area contributed by atoms with Gasteiger partial charge in [0.05, 0.1) is 0 Å². The van der Waals surface area contributed by atoms with Crippen LogP contribution >= 0.6 is 0 Å². The maximum Gasteiger partial charge on any atom is 0.319 e. The lowest BCUT2D eigenvalue weighted by Gasteiger charge is -2.22. The molecule has 32 heavy (non-hydrogen) atoms. The number of benzene rings is 2. The second kappa shape index (κ2) is 8.72. The van der Waals surface area contributed by atoms with E-state index >= 15 is 0 Å². The summed E-state index contributed by atoms with van der Waals surface area (Å²) in [6, 6.07) is 9.98. The van der Waals surface area contributed by atoms with Crippen LogP contribution in [0.25, 0.3) is 10.8 Å². The molecule has 166 valence electrons. The highest BCUT2D eigenvalue weighted by Crippen LogP contribution is 2.33. The minimum absolute atomic E-state index is 0.0261. The van der Waals surface area contributed by atoms with Crippen LogP contribution in [-0.2, 0) is 22.7 Å². The Bertz CT molecular complexity index is 1220. The molecule has 1 aromatic heterocycles. The van der Waals surface area contributed by atoms with E-state index < -0.39 is 11.9 Å². The number of urea groups is 1. The Morgan fingerprint density at radius 3 is 2.81 bits per heavy atom. The number of carbonyl (C=O) groups is 3. The number of imide groups is 1. The van der Waals surface area contributed by atoms with Crippen LogP contribution in [0.4, 0.5) is 10.5 Å². The molecule has 1 fully saturated rings. The third kappa shape index (κ3) is 4.28. The number of nitrogens with zero attached hydrogens (tertiary/aromatic N) is 1. The van der Waals surface area contributed by atoms with Crippen molar-refractivity contribution in [1.82, 2.24) is 15.2 Å². The van der Waals surface area contributed by atoms with E-state index in [0.29, 0.717) is 24.0 Å². The molecule has 4 rings (SSSR count). The minimum Gasteiger partial charge on any atom is -0.494 e. The summed E-state index contributed by atoms with van der Waals surface area (Å²) in [5.41, 5.74) is 9.25. The number of fused-ring (bicyclic) bond motifs is 1. The van der Waals surface area contributed by atoms with E-state index in [4.69, 9.17) is 5.73 Å². The van der Waals surface area contributed by atoms with Crippen molar-refractivity contribution in [3.05, 3.63) is 59.3 Å². The zero-order chi connectivity index (χ0) is 22.8. The van der Waals surface area contributed by atoms with Crippen LogP contribution < -0.4 is 21.7 Å². The molecule has 3 aromatic rings. The Labute approximate surface area is 184 Å². The first kappa shape index (κ1) is 21.4. The number of hydrogen-bond acceptors (Lipinski definition) is 5. The molecule has 2 heterocycles. The van der Waals surface area contributed by atoms with Crippen LogP contribution in [-0.4, -0.2) is 27.5 Å². The van der Waals surface area contributed by atoms with E-state index in [2.05, 4.69) is 16.0 Å². The summed E-state index contributed by atoms with van der Waals surface area (Å²) in [4.78, 5) is 35.8. The Hall–Kier alpha value is -3.85. The van der Waals surface area contributed by atoms with Gasteiger partial charge in [0, 0.05) is 42.2 Å². The summed E-state index contributed by atoms with van der Waals surface area (Å²) in [5.74, 6) is -0.759. The van der Waals surface area contributed by atoms with Crippen LogP contribution in [0, 0.1) is 6.92 Å². The van der Waals surface area contributed by atoms with Crippen molar-refractivity contribution in [3.8, 4) is 5.88 Å². The zero-order valence-electron chi connectivity index (χ0n) is 17.6. The minimum atomic E-state index is -0.639. The standard InChI is InChI=1S/C23H25N5O4/c1-13-2-4-17(9-15(13)10-24)26-23(32)25-11-14-3-5-18-16(8-14)12-28(22(18)31)19-6-7-20(29)27-21(19)30/h2-5,8-9,12,19,31H,6-7,10-11,24H2,1H3,(H2,25,26,32)(H,27,29,30). The predicted octanol–water partition coefficient (Wildman–Crippen LogP) is 2.41. The van der Waals surface area contributed by atoms with Crippen LogP contribution in [0.2, 0.25) is 0 Å². The van der Waals surface area contributed by atoms with Gasteiger partial charge in [0.25, 0.3) is 0 Å². The van der Waals surface area contributed by atoms with Gasteiger partial charge in [0.2, 0.25) is 11.8 Å². The number of aromatic hydroxyl groups is 1. The number of nitrogens with one attached hydrogen (secondary N) is 3. The number of rotatable bonds is 5.